The molecule has 2 aliphatic rings. The molecule has 2 unspecified atom stereocenters. The van der Waals surface area contributed by atoms with Crippen molar-refractivity contribution in [2.75, 3.05) is 24.5 Å². The summed E-state index contributed by atoms with van der Waals surface area (Å²) in [7, 11) is 0. The molecular weight excluding hydrogens is 230 g/mol. The van der Waals surface area contributed by atoms with Crippen LogP contribution in [0.2, 0.25) is 0 Å². The molecule has 2 bridgehead atoms. The first kappa shape index (κ1) is 12.0. The van der Waals surface area contributed by atoms with Crippen LogP contribution in [0.5, 0.6) is 0 Å². The normalized spacial score (nSPS) is 26.8. The SMILES string of the molecule is CCCNCc1coc(N2CC3CCC(C2)O3)n1. The Morgan fingerprint density at radius 2 is 2.17 bits per heavy atom. The molecule has 0 aromatic carbocycles. The van der Waals surface area contributed by atoms with Crippen LogP contribution in [-0.2, 0) is 11.3 Å². The molecule has 0 radical (unpaired) electrons. The Hall–Kier alpha value is -1.07. The number of rotatable bonds is 5. The lowest BCUT2D eigenvalue weighted by Crippen LogP contribution is -2.42. The average Bonchev–Trinajstić information content (AvgIpc) is 2.97. The Morgan fingerprint density at radius 3 is 2.89 bits per heavy atom. The number of nitrogens with one attached hydrogen (secondary N) is 1. The molecule has 2 fully saturated rings. The van der Waals surface area contributed by atoms with Gasteiger partial charge in [0, 0.05) is 19.6 Å². The lowest BCUT2D eigenvalue weighted by molar-refractivity contribution is 0.0288. The molecule has 1 N–H and O–H groups in total. The number of fused-ring (bicyclic) bond motifs is 2. The number of aromatic nitrogens is 1. The monoisotopic (exact) mass is 251 g/mol. The zero-order chi connectivity index (χ0) is 12.4. The van der Waals surface area contributed by atoms with Crippen LogP contribution in [0.3, 0.4) is 0 Å². The topological polar surface area (TPSA) is 50.5 Å². The third-order valence-electron chi connectivity index (χ3n) is 3.59. The van der Waals surface area contributed by atoms with E-state index < -0.39 is 0 Å². The molecule has 5 nitrogen and oxygen atoms in total. The zero-order valence-corrected chi connectivity index (χ0v) is 10.9. The van der Waals surface area contributed by atoms with Crippen molar-refractivity contribution in [2.45, 2.75) is 44.9 Å². The number of hydrogen-bond donors (Lipinski definition) is 1. The maximum absolute atomic E-state index is 5.81. The molecule has 3 heterocycles. The van der Waals surface area contributed by atoms with E-state index in [1.807, 2.05) is 0 Å². The second-order valence-electron chi connectivity index (χ2n) is 5.16. The number of nitrogens with zero attached hydrogens (tertiary/aromatic N) is 2. The number of hydrogen-bond acceptors (Lipinski definition) is 5. The Morgan fingerprint density at radius 1 is 1.39 bits per heavy atom. The van der Waals surface area contributed by atoms with Crippen molar-refractivity contribution in [3.8, 4) is 0 Å². The van der Waals surface area contributed by atoms with Gasteiger partial charge in [0.05, 0.1) is 17.9 Å². The highest BCUT2D eigenvalue weighted by molar-refractivity contribution is 5.29. The van der Waals surface area contributed by atoms with E-state index in [1.54, 1.807) is 6.26 Å². The van der Waals surface area contributed by atoms with E-state index in [0.717, 1.165) is 44.3 Å². The van der Waals surface area contributed by atoms with Crippen molar-refractivity contribution < 1.29 is 9.15 Å². The van der Waals surface area contributed by atoms with Crippen LogP contribution in [0.15, 0.2) is 10.7 Å². The fourth-order valence-electron chi connectivity index (χ4n) is 2.69. The van der Waals surface area contributed by atoms with Crippen LogP contribution in [-0.4, -0.2) is 36.8 Å². The van der Waals surface area contributed by atoms with Crippen LogP contribution >= 0.6 is 0 Å². The Balaban J connectivity index is 1.59. The molecule has 0 amide bonds. The maximum Gasteiger partial charge on any atom is 0.297 e. The predicted molar refractivity (Wildman–Crippen MR) is 68.6 cm³/mol. The number of ether oxygens (including phenoxy) is 1. The van der Waals surface area contributed by atoms with Crippen molar-refractivity contribution >= 4 is 6.01 Å². The summed E-state index contributed by atoms with van der Waals surface area (Å²) >= 11 is 0. The second kappa shape index (κ2) is 5.28. The van der Waals surface area contributed by atoms with Crippen LogP contribution < -0.4 is 10.2 Å². The molecule has 2 aliphatic heterocycles. The van der Waals surface area contributed by atoms with Crippen molar-refractivity contribution in [2.24, 2.45) is 0 Å². The molecule has 2 atom stereocenters. The summed E-state index contributed by atoms with van der Waals surface area (Å²) in [6.45, 7) is 5.79. The van der Waals surface area contributed by atoms with Crippen LogP contribution in [0, 0.1) is 0 Å². The van der Waals surface area contributed by atoms with E-state index in [-0.39, 0.29) is 0 Å². The highest BCUT2D eigenvalue weighted by Crippen LogP contribution is 2.29. The fourth-order valence-corrected chi connectivity index (χ4v) is 2.69. The molecule has 0 saturated carbocycles. The second-order valence-corrected chi connectivity index (χ2v) is 5.16. The molecule has 18 heavy (non-hydrogen) atoms. The number of oxazole rings is 1. The molecular formula is C13H21N3O2. The van der Waals surface area contributed by atoms with E-state index in [4.69, 9.17) is 9.15 Å². The standard InChI is InChI=1S/C13H21N3O2/c1-2-5-14-6-10-9-17-13(15-10)16-7-11-3-4-12(8-16)18-11/h9,11-12,14H,2-8H2,1H3. The summed E-state index contributed by atoms with van der Waals surface area (Å²) in [6.07, 6.45) is 5.99. The van der Waals surface area contributed by atoms with Gasteiger partial charge < -0.3 is 19.4 Å². The minimum absolute atomic E-state index is 0.373. The Bertz CT molecular complexity index is 381. The minimum Gasteiger partial charge on any atom is -0.432 e. The quantitative estimate of drug-likeness (QED) is 0.804. The molecule has 1 aromatic rings. The Kier molecular flexibility index (Phi) is 3.52. The van der Waals surface area contributed by atoms with E-state index >= 15 is 0 Å². The van der Waals surface area contributed by atoms with Gasteiger partial charge in [-0.15, -0.1) is 0 Å². The molecule has 1 aromatic heterocycles. The van der Waals surface area contributed by atoms with Crippen molar-refractivity contribution in [3.63, 3.8) is 0 Å². The predicted octanol–water partition coefficient (Wildman–Crippen LogP) is 1.54. The van der Waals surface area contributed by atoms with E-state index in [9.17, 15) is 0 Å². The fraction of sp³-hybridized carbons (Fsp3) is 0.769. The van der Waals surface area contributed by atoms with Gasteiger partial charge in [0.25, 0.3) is 6.01 Å². The lowest BCUT2D eigenvalue weighted by atomic mass is 10.2. The molecule has 3 rings (SSSR count). The average molecular weight is 251 g/mol. The highest BCUT2D eigenvalue weighted by atomic mass is 16.5. The van der Waals surface area contributed by atoms with E-state index in [0.29, 0.717) is 12.2 Å². The van der Waals surface area contributed by atoms with Crippen molar-refractivity contribution in [3.05, 3.63) is 12.0 Å². The smallest absolute Gasteiger partial charge is 0.297 e. The summed E-state index contributed by atoms with van der Waals surface area (Å²) in [6, 6.07) is 0.753. The summed E-state index contributed by atoms with van der Waals surface area (Å²) in [4.78, 5) is 6.76. The van der Waals surface area contributed by atoms with E-state index in [2.05, 4.69) is 22.1 Å². The number of anilines is 1. The molecule has 5 heteroatoms. The van der Waals surface area contributed by atoms with Gasteiger partial charge in [-0.05, 0) is 25.8 Å². The van der Waals surface area contributed by atoms with Gasteiger partial charge in [-0.25, -0.2) is 0 Å². The van der Waals surface area contributed by atoms with Gasteiger partial charge in [0.2, 0.25) is 0 Å². The van der Waals surface area contributed by atoms with Crippen LogP contribution in [0.25, 0.3) is 0 Å². The molecule has 0 spiro atoms. The maximum atomic E-state index is 5.81. The first-order valence-electron chi connectivity index (χ1n) is 6.90. The lowest BCUT2D eigenvalue weighted by Gasteiger charge is -2.30. The summed E-state index contributed by atoms with van der Waals surface area (Å²) < 4.78 is 11.4. The first-order valence-corrected chi connectivity index (χ1v) is 6.90. The van der Waals surface area contributed by atoms with Crippen LogP contribution in [0.4, 0.5) is 6.01 Å². The molecule has 0 aliphatic carbocycles. The van der Waals surface area contributed by atoms with Gasteiger partial charge in [0.15, 0.2) is 0 Å². The van der Waals surface area contributed by atoms with Gasteiger partial charge in [0.1, 0.15) is 6.26 Å². The minimum atomic E-state index is 0.373. The highest BCUT2D eigenvalue weighted by Gasteiger charge is 2.35. The number of morpholine rings is 1. The van der Waals surface area contributed by atoms with Gasteiger partial charge in [-0.1, -0.05) is 6.92 Å². The largest absolute Gasteiger partial charge is 0.432 e. The summed E-state index contributed by atoms with van der Waals surface area (Å²) in [5, 5.41) is 3.33. The van der Waals surface area contributed by atoms with Gasteiger partial charge >= 0.3 is 0 Å². The molecule has 2 saturated heterocycles. The van der Waals surface area contributed by atoms with Crippen LogP contribution in [0.1, 0.15) is 31.9 Å². The summed E-state index contributed by atoms with van der Waals surface area (Å²) in [5.74, 6) is 0. The molecule has 100 valence electrons. The summed E-state index contributed by atoms with van der Waals surface area (Å²) in [5.41, 5.74) is 0.984. The Labute approximate surface area is 108 Å². The zero-order valence-electron chi connectivity index (χ0n) is 10.9. The van der Waals surface area contributed by atoms with Gasteiger partial charge in [-0.3, -0.25) is 0 Å². The van der Waals surface area contributed by atoms with Crippen molar-refractivity contribution in [1.29, 1.82) is 0 Å². The van der Waals surface area contributed by atoms with Gasteiger partial charge in [-0.2, -0.15) is 4.98 Å². The first-order chi connectivity index (χ1) is 8.85. The van der Waals surface area contributed by atoms with E-state index in [1.165, 1.54) is 12.8 Å². The van der Waals surface area contributed by atoms with Crippen molar-refractivity contribution in [1.82, 2.24) is 10.3 Å². The third kappa shape index (κ3) is 2.52. The third-order valence-corrected chi connectivity index (χ3v) is 3.59.